The standard InChI is InChI=1S/C15H25NO4S/c1-4-12(2)13(3)16-21(18,19)15-8-6-14(7-9-15)20-11-5-10-17/h6-9,12-13,16-17H,4-5,10-11H2,1-3H3. The third-order valence-corrected chi connectivity index (χ3v) is 5.12. The van der Waals surface area contributed by atoms with Crippen LogP contribution < -0.4 is 9.46 Å². The fourth-order valence-corrected chi connectivity index (χ4v) is 3.10. The normalized spacial score (nSPS) is 14.7. The van der Waals surface area contributed by atoms with E-state index in [2.05, 4.69) is 4.72 Å². The van der Waals surface area contributed by atoms with Crippen molar-refractivity contribution >= 4 is 10.0 Å². The summed E-state index contributed by atoms with van der Waals surface area (Å²) in [6.07, 6.45) is 1.47. The zero-order chi connectivity index (χ0) is 15.9. The third kappa shape index (κ3) is 5.65. The van der Waals surface area contributed by atoms with Crippen molar-refractivity contribution in [2.45, 2.75) is 44.6 Å². The minimum Gasteiger partial charge on any atom is -0.494 e. The first-order valence-electron chi connectivity index (χ1n) is 7.26. The number of nitrogens with one attached hydrogen (secondary N) is 1. The van der Waals surface area contributed by atoms with Crippen LogP contribution in [-0.4, -0.2) is 32.8 Å². The lowest BCUT2D eigenvalue weighted by Crippen LogP contribution is -2.36. The molecule has 5 nitrogen and oxygen atoms in total. The third-order valence-electron chi connectivity index (χ3n) is 3.54. The van der Waals surface area contributed by atoms with Crippen molar-refractivity contribution in [3.05, 3.63) is 24.3 Å². The summed E-state index contributed by atoms with van der Waals surface area (Å²) in [6.45, 7) is 6.41. The molecule has 1 rings (SSSR count). The van der Waals surface area contributed by atoms with Gasteiger partial charge in [-0.05, 0) is 37.1 Å². The van der Waals surface area contributed by atoms with E-state index in [1.165, 1.54) is 12.1 Å². The summed E-state index contributed by atoms with van der Waals surface area (Å²) < 4.78 is 32.6. The molecule has 0 saturated carbocycles. The van der Waals surface area contributed by atoms with Gasteiger partial charge in [0.15, 0.2) is 0 Å². The molecule has 0 aliphatic carbocycles. The Labute approximate surface area is 127 Å². The zero-order valence-corrected chi connectivity index (χ0v) is 13.7. The van der Waals surface area contributed by atoms with Crippen molar-refractivity contribution in [2.75, 3.05) is 13.2 Å². The van der Waals surface area contributed by atoms with Crippen LogP contribution in [0.1, 0.15) is 33.6 Å². The molecule has 0 spiro atoms. The average Bonchev–Trinajstić information content (AvgIpc) is 2.46. The summed E-state index contributed by atoms with van der Waals surface area (Å²) in [5.41, 5.74) is 0. The van der Waals surface area contributed by atoms with Gasteiger partial charge < -0.3 is 9.84 Å². The van der Waals surface area contributed by atoms with E-state index in [0.29, 0.717) is 18.8 Å². The van der Waals surface area contributed by atoms with E-state index in [1.54, 1.807) is 12.1 Å². The van der Waals surface area contributed by atoms with E-state index in [1.807, 2.05) is 20.8 Å². The molecule has 2 N–H and O–H groups in total. The maximum Gasteiger partial charge on any atom is 0.240 e. The molecule has 2 unspecified atom stereocenters. The Kier molecular flexibility index (Phi) is 7.14. The van der Waals surface area contributed by atoms with E-state index < -0.39 is 10.0 Å². The molecule has 0 radical (unpaired) electrons. The molecule has 0 bridgehead atoms. The van der Waals surface area contributed by atoms with Gasteiger partial charge >= 0.3 is 0 Å². The smallest absolute Gasteiger partial charge is 0.240 e. The van der Waals surface area contributed by atoms with Crippen molar-refractivity contribution in [3.8, 4) is 5.75 Å². The minimum absolute atomic E-state index is 0.0733. The fraction of sp³-hybridized carbons (Fsp3) is 0.600. The van der Waals surface area contributed by atoms with Crippen molar-refractivity contribution in [2.24, 2.45) is 5.92 Å². The lowest BCUT2D eigenvalue weighted by molar-refractivity contribution is 0.233. The Morgan fingerprint density at radius 1 is 1.24 bits per heavy atom. The van der Waals surface area contributed by atoms with E-state index in [4.69, 9.17) is 9.84 Å². The molecule has 120 valence electrons. The number of hydrogen-bond acceptors (Lipinski definition) is 4. The minimum atomic E-state index is -3.50. The largest absolute Gasteiger partial charge is 0.494 e. The lowest BCUT2D eigenvalue weighted by atomic mass is 10.0. The molecule has 21 heavy (non-hydrogen) atoms. The van der Waals surface area contributed by atoms with E-state index in [0.717, 1.165) is 6.42 Å². The van der Waals surface area contributed by atoms with Crippen molar-refractivity contribution in [3.63, 3.8) is 0 Å². The molecule has 0 aromatic heterocycles. The summed E-state index contributed by atoms with van der Waals surface area (Å²) in [4.78, 5) is 0.229. The Hall–Kier alpha value is -1.11. The monoisotopic (exact) mass is 315 g/mol. The molecule has 0 aliphatic rings. The van der Waals surface area contributed by atoms with Crippen LogP contribution in [0.2, 0.25) is 0 Å². The molecule has 0 saturated heterocycles. The van der Waals surface area contributed by atoms with Crippen LogP contribution in [0.15, 0.2) is 29.2 Å². The van der Waals surface area contributed by atoms with Gasteiger partial charge in [-0.1, -0.05) is 20.3 Å². The molecule has 1 aromatic rings. The molecule has 6 heteroatoms. The number of benzene rings is 1. The first kappa shape index (κ1) is 17.9. The zero-order valence-electron chi connectivity index (χ0n) is 12.9. The highest BCUT2D eigenvalue weighted by molar-refractivity contribution is 7.89. The SMILES string of the molecule is CCC(C)C(C)NS(=O)(=O)c1ccc(OCCCO)cc1. The molecular formula is C15H25NO4S. The maximum absolute atomic E-state index is 12.2. The number of rotatable bonds is 9. The number of hydrogen-bond donors (Lipinski definition) is 2. The van der Waals surface area contributed by atoms with Gasteiger partial charge in [-0.2, -0.15) is 0 Å². The highest BCUT2D eigenvalue weighted by Gasteiger charge is 2.20. The Balaban J connectivity index is 2.71. The van der Waals surface area contributed by atoms with E-state index in [9.17, 15) is 8.42 Å². The summed E-state index contributed by atoms with van der Waals surface area (Å²) in [5.74, 6) is 0.873. The second kappa shape index (κ2) is 8.36. The molecular weight excluding hydrogens is 290 g/mol. The first-order chi connectivity index (χ1) is 9.90. The maximum atomic E-state index is 12.2. The van der Waals surface area contributed by atoms with Crippen LogP contribution in [0.3, 0.4) is 0 Å². The van der Waals surface area contributed by atoms with Crippen molar-refractivity contribution in [1.82, 2.24) is 4.72 Å². The van der Waals surface area contributed by atoms with Crippen LogP contribution >= 0.6 is 0 Å². The van der Waals surface area contributed by atoms with Crippen LogP contribution in [0.4, 0.5) is 0 Å². The fourth-order valence-electron chi connectivity index (χ4n) is 1.75. The molecule has 0 fully saturated rings. The predicted molar refractivity (Wildman–Crippen MR) is 82.9 cm³/mol. The van der Waals surface area contributed by atoms with Crippen LogP contribution in [0.25, 0.3) is 0 Å². The Morgan fingerprint density at radius 3 is 2.38 bits per heavy atom. The lowest BCUT2D eigenvalue weighted by Gasteiger charge is -2.19. The number of aliphatic hydroxyl groups is 1. The molecule has 2 atom stereocenters. The van der Waals surface area contributed by atoms with Crippen LogP contribution in [0, 0.1) is 5.92 Å². The Morgan fingerprint density at radius 2 is 1.86 bits per heavy atom. The molecule has 0 aliphatic heterocycles. The average molecular weight is 315 g/mol. The van der Waals surface area contributed by atoms with E-state index in [-0.39, 0.29) is 23.5 Å². The van der Waals surface area contributed by atoms with Gasteiger partial charge in [-0.15, -0.1) is 0 Å². The van der Waals surface area contributed by atoms with Gasteiger partial charge in [-0.25, -0.2) is 13.1 Å². The molecule has 0 amide bonds. The summed E-state index contributed by atoms with van der Waals surface area (Å²) >= 11 is 0. The highest BCUT2D eigenvalue weighted by atomic mass is 32.2. The van der Waals surface area contributed by atoms with E-state index >= 15 is 0 Å². The summed E-state index contributed by atoms with van der Waals surface area (Å²) in [5, 5.41) is 8.68. The number of sulfonamides is 1. The van der Waals surface area contributed by atoms with Gasteiger partial charge in [-0.3, -0.25) is 0 Å². The summed E-state index contributed by atoms with van der Waals surface area (Å²) in [7, 11) is -3.50. The summed E-state index contributed by atoms with van der Waals surface area (Å²) in [6, 6.07) is 6.19. The highest BCUT2D eigenvalue weighted by Crippen LogP contribution is 2.17. The van der Waals surface area contributed by atoms with Crippen molar-refractivity contribution in [1.29, 1.82) is 0 Å². The van der Waals surface area contributed by atoms with Gasteiger partial charge in [0.2, 0.25) is 10.0 Å². The van der Waals surface area contributed by atoms with Gasteiger partial charge in [0, 0.05) is 19.1 Å². The van der Waals surface area contributed by atoms with Crippen LogP contribution in [0.5, 0.6) is 5.75 Å². The van der Waals surface area contributed by atoms with Crippen LogP contribution in [-0.2, 0) is 10.0 Å². The van der Waals surface area contributed by atoms with Gasteiger partial charge in [0.05, 0.1) is 11.5 Å². The first-order valence-corrected chi connectivity index (χ1v) is 8.75. The molecule has 0 heterocycles. The quantitative estimate of drug-likeness (QED) is 0.685. The van der Waals surface area contributed by atoms with Gasteiger partial charge in [0.1, 0.15) is 5.75 Å². The second-order valence-corrected chi connectivity index (χ2v) is 6.91. The van der Waals surface area contributed by atoms with Gasteiger partial charge in [0.25, 0.3) is 0 Å². The number of ether oxygens (including phenoxy) is 1. The molecule has 1 aromatic carbocycles. The Bertz CT molecular complexity index is 513. The van der Waals surface area contributed by atoms with Crippen molar-refractivity contribution < 1.29 is 18.3 Å². The topological polar surface area (TPSA) is 75.6 Å². The second-order valence-electron chi connectivity index (χ2n) is 5.19. The predicted octanol–water partition coefficient (Wildman–Crippen LogP) is 2.16. The number of aliphatic hydroxyl groups excluding tert-OH is 1.